The molecular weight excluding hydrogens is 313 g/mol. The zero-order chi connectivity index (χ0) is 17.0. The van der Waals surface area contributed by atoms with Crippen LogP contribution >= 0.6 is 0 Å². The average Bonchev–Trinajstić information content (AvgIpc) is 2.52. The van der Waals surface area contributed by atoms with E-state index in [9.17, 15) is 28.3 Å². The van der Waals surface area contributed by atoms with Gasteiger partial charge in [-0.3, -0.25) is 4.79 Å². The topological polar surface area (TPSA) is 76.3 Å². The summed E-state index contributed by atoms with van der Waals surface area (Å²) in [7, 11) is 0. The van der Waals surface area contributed by atoms with Gasteiger partial charge in [0.25, 0.3) is 5.69 Å². The van der Waals surface area contributed by atoms with Gasteiger partial charge in [0.1, 0.15) is 0 Å². The molecule has 1 aromatic carbocycles. The first-order valence-electron chi connectivity index (χ1n) is 6.61. The van der Waals surface area contributed by atoms with Crippen LogP contribution < -0.4 is 10.0 Å². The summed E-state index contributed by atoms with van der Waals surface area (Å²) in [5.74, 6) is -0.788. The van der Waals surface area contributed by atoms with Crippen LogP contribution in [-0.2, 0) is 6.18 Å². The molecule has 1 unspecified atom stereocenters. The predicted octanol–water partition coefficient (Wildman–Crippen LogP) is 1.80. The summed E-state index contributed by atoms with van der Waals surface area (Å²) in [6, 6.07) is 8.72. The van der Waals surface area contributed by atoms with E-state index in [1.54, 1.807) is 0 Å². The Labute approximate surface area is 129 Å². The summed E-state index contributed by atoms with van der Waals surface area (Å²) in [5.41, 5.74) is -1.53. The lowest BCUT2D eigenvalue weighted by molar-refractivity contribution is -0.607. The Morgan fingerprint density at radius 3 is 2.52 bits per heavy atom. The monoisotopic (exact) mass is 326 g/mol. The molecule has 0 fully saturated rings. The Bertz CT molecular complexity index is 704. The number of aliphatic hydroxyl groups is 1. The number of nitrogens with one attached hydrogen (secondary N) is 1. The second kappa shape index (κ2) is 6.66. The number of alkyl halides is 3. The van der Waals surface area contributed by atoms with Crippen LogP contribution in [0, 0.1) is 5.21 Å². The predicted molar refractivity (Wildman–Crippen MR) is 74.1 cm³/mol. The normalized spacial score (nSPS) is 12.7. The number of pyridine rings is 1. The van der Waals surface area contributed by atoms with Gasteiger partial charge in [0.05, 0.1) is 11.7 Å². The van der Waals surface area contributed by atoms with Crippen LogP contribution in [-0.4, -0.2) is 17.6 Å². The number of nitrogens with zero attached hydrogens (tertiary/aromatic N) is 1. The molecule has 0 aliphatic carbocycles. The standard InChI is InChI=1S/C15H13F3N2O3/c16-15(17,18)11-6-2-1-5-10(11)13(21)9-19-14(22)12-7-3-4-8-20(12)23/h1-8,13,21H,9H2,(H,19,22). The molecule has 0 saturated carbocycles. The molecule has 0 spiro atoms. The van der Waals surface area contributed by atoms with Gasteiger partial charge in [0.2, 0.25) is 0 Å². The molecule has 122 valence electrons. The minimum atomic E-state index is -4.61. The van der Waals surface area contributed by atoms with Crippen molar-refractivity contribution in [1.82, 2.24) is 5.32 Å². The van der Waals surface area contributed by atoms with E-state index in [0.717, 1.165) is 18.3 Å². The molecule has 8 heteroatoms. The Balaban J connectivity index is 2.11. The molecule has 0 radical (unpaired) electrons. The van der Waals surface area contributed by atoms with Gasteiger partial charge in [-0.25, -0.2) is 0 Å². The van der Waals surface area contributed by atoms with E-state index in [2.05, 4.69) is 5.32 Å². The maximum Gasteiger partial charge on any atom is 0.416 e. The number of carbonyl (C=O) groups excluding carboxylic acids is 1. The fraction of sp³-hybridized carbons (Fsp3) is 0.200. The highest BCUT2D eigenvalue weighted by molar-refractivity contribution is 5.90. The van der Waals surface area contributed by atoms with Crippen molar-refractivity contribution in [3.63, 3.8) is 0 Å². The van der Waals surface area contributed by atoms with Crippen molar-refractivity contribution in [3.05, 3.63) is 70.7 Å². The molecule has 0 aliphatic rings. The van der Waals surface area contributed by atoms with Crippen molar-refractivity contribution in [2.45, 2.75) is 12.3 Å². The van der Waals surface area contributed by atoms with Gasteiger partial charge >= 0.3 is 12.1 Å². The van der Waals surface area contributed by atoms with Gasteiger partial charge in [-0.05, 0) is 17.7 Å². The third-order valence-corrected chi connectivity index (χ3v) is 3.14. The van der Waals surface area contributed by atoms with Gasteiger partial charge in [-0.2, -0.15) is 17.9 Å². The van der Waals surface area contributed by atoms with Crippen molar-refractivity contribution in [1.29, 1.82) is 0 Å². The van der Waals surface area contributed by atoms with E-state index in [1.807, 2.05) is 0 Å². The molecular formula is C15H13F3N2O3. The van der Waals surface area contributed by atoms with E-state index < -0.39 is 30.3 Å². The second-order valence-electron chi connectivity index (χ2n) is 4.72. The lowest BCUT2D eigenvalue weighted by Crippen LogP contribution is -2.40. The summed E-state index contributed by atoms with van der Waals surface area (Å²) in [6.07, 6.45) is -5.05. The number of halogens is 3. The first-order valence-corrected chi connectivity index (χ1v) is 6.61. The zero-order valence-electron chi connectivity index (χ0n) is 11.7. The zero-order valence-corrected chi connectivity index (χ0v) is 11.7. The maximum atomic E-state index is 12.9. The average molecular weight is 326 g/mol. The number of hydrogen-bond acceptors (Lipinski definition) is 3. The Morgan fingerprint density at radius 1 is 1.22 bits per heavy atom. The van der Waals surface area contributed by atoms with Crippen molar-refractivity contribution >= 4 is 5.91 Å². The number of aliphatic hydroxyl groups excluding tert-OH is 1. The number of hydrogen-bond donors (Lipinski definition) is 2. The number of aromatic nitrogens is 1. The quantitative estimate of drug-likeness (QED) is 0.664. The van der Waals surface area contributed by atoms with Crippen molar-refractivity contribution in [2.75, 3.05) is 6.54 Å². The van der Waals surface area contributed by atoms with Crippen molar-refractivity contribution in [2.24, 2.45) is 0 Å². The molecule has 1 heterocycles. The van der Waals surface area contributed by atoms with Crippen molar-refractivity contribution < 1.29 is 27.8 Å². The van der Waals surface area contributed by atoms with Crippen LogP contribution in [0.2, 0.25) is 0 Å². The first kappa shape index (κ1) is 16.8. The van der Waals surface area contributed by atoms with Gasteiger partial charge in [-0.15, -0.1) is 0 Å². The van der Waals surface area contributed by atoms with Gasteiger partial charge in [0.15, 0.2) is 6.20 Å². The van der Waals surface area contributed by atoms with Gasteiger partial charge < -0.3 is 15.6 Å². The Morgan fingerprint density at radius 2 is 1.87 bits per heavy atom. The van der Waals surface area contributed by atoms with Crippen LogP contribution in [0.1, 0.15) is 27.7 Å². The van der Waals surface area contributed by atoms with E-state index in [-0.39, 0.29) is 11.3 Å². The summed E-state index contributed by atoms with van der Waals surface area (Å²) in [5, 5.41) is 23.6. The van der Waals surface area contributed by atoms with Crippen LogP contribution in [0.5, 0.6) is 0 Å². The van der Waals surface area contributed by atoms with Crippen LogP contribution in [0.4, 0.5) is 13.2 Å². The third kappa shape index (κ3) is 3.98. The van der Waals surface area contributed by atoms with Crippen LogP contribution in [0.25, 0.3) is 0 Å². The highest BCUT2D eigenvalue weighted by Gasteiger charge is 2.34. The van der Waals surface area contributed by atoms with E-state index in [1.165, 1.54) is 30.3 Å². The number of carbonyl (C=O) groups is 1. The molecule has 0 saturated heterocycles. The van der Waals surface area contributed by atoms with Gasteiger partial charge in [0, 0.05) is 18.7 Å². The van der Waals surface area contributed by atoms with E-state index >= 15 is 0 Å². The highest BCUT2D eigenvalue weighted by Crippen LogP contribution is 2.34. The summed E-state index contributed by atoms with van der Waals surface area (Å²) in [6.45, 7) is -0.458. The molecule has 2 N–H and O–H groups in total. The Hall–Kier alpha value is -2.61. The summed E-state index contributed by atoms with van der Waals surface area (Å²) < 4.78 is 39.0. The second-order valence-corrected chi connectivity index (χ2v) is 4.72. The molecule has 1 amide bonds. The highest BCUT2D eigenvalue weighted by atomic mass is 19.4. The smallest absolute Gasteiger partial charge is 0.416 e. The van der Waals surface area contributed by atoms with Crippen molar-refractivity contribution in [3.8, 4) is 0 Å². The van der Waals surface area contributed by atoms with Gasteiger partial charge in [-0.1, -0.05) is 18.2 Å². The molecule has 2 rings (SSSR count). The largest absolute Gasteiger partial charge is 0.618 e. The first-order chi connectivity index (χ1) is 10.8. The number of benzene rings is 1. The fourth-order valence-corrected chi connectivity index (χ4v) is 2.04. The lowest BCUT2D eigenvalue weighted by Gasteiger charge is -2.17. The Kier molecular flexibility index (Phi) is 4.85. The molecule has 23 heavy (non-hydrogen) atoms. The number of amides is 1. The summed E-state index contributed by atoms with van der Waals surface area (Å²) >= 11 is 0. The molecule has 5 nitrogen and oxygen atoms in total. The van der Waals surface area contributed by atoms with Crippen LogP contribution in [0.3, 0.4) is 0 Å². The lowest BCUT2D eigenvalue weighted by atomic mass is 10.0. The van der Waals surface area contributed by atoms with Crippen LogP contribution in [0.15, 0.2) is 48.7 Å². The molecule has 1 atom stereocenters. The minimum Gasteiger partial charge on any atom is -0.618 e. The molecule has 0 aliphatic heterocycles. The summed E-state index contributed by atoms with van der Waals surface area (Å²) in [4.78, 5) is 11.8. The SMILES string of the molecule is O=C(NCC(O)c1ccccc1C(F)(F)F)c1cccc[n+]1[O-]. The third-order valence-electron chi connectivity index (χ3n) is 3.14. The minimum absolute atomic E-state index is 0.219. The molecule has 1 aromatic heterocycles. The van der Waals surface area contributed by atoms with E-state index in [4.69, 9.17) is 0 Å². The van der Waals surface area contributed by atoms with E-state index in [0.29, 0.717) is 4.73 Å². The molecule has 2 aromatic rings. The fourth-order valence-electron chi connectivity index (χ4n) is 2.04. The molecule has 0 bridgehead atoms. The maximum absolute atomic E-state index is 12.9. The number of rotatable bonds is 4.